The third-order valence-corrected chi connectivity index (χ3v) is 4.81. The van der Waals surface area contributed by atoms with Crippen molar-refractivity contribution in [1.82, 2.24) is 15.5 Å². The molecule has 0 aromatic heterocycles. The largest absolute Gasteiger partial charge is 0.379 e. The number of nitrogens with zero attached hydrogens (tertiary/aromatic N) is 1. The van der Waals surface area contributed by atoms with E-state index in [1.807, 2.05) is 30.3 Å². The van der Waals surface area contributed by atoms with Gasteiger partial charge < -0.3 is 21.1 Å². The van der Waals surface area contributed by atoms with Gasteiger partial charge in [-0.1, -0.05) is 42.5 Å². The number of amides is 3. The zero-order valence-electron chi connectivity index (χ0n) is 15.8. The minimum absolute atomic E-state index is 0.105. The fraction of sp³-hybridized carbons (Fsp3) is 0.333. The lowest BCUT2D eigenvalue weighted by Crippen LogP contribution is -2.43. The summed E-state index contributed by atoms with van der Waals surface area (Å²) in [6.07, 6.45) is 0. The van der Waals surface area contributed by atoms with Gasteiger partial charge in [0.25, 0.3) is 5.91 Å². The van der Waals surface area contributed by atoms with E-state index in [2.05, 4.69) is 27.7 Å². The molecule has 7 heteroatoms. The lowest BCUT2D eigenvalue weighted by molar-refractivity contribution is 0.0162. The molecule has 1 fully saturated rings. The lowest BCUT2D eigenvalue weighted by atomic mass is 10.0. The fourth-order valence-corrected chi connectivity index (χ4v) is 3.28. The Morgan fingerprint density at radius 1 is 1.00 bits per heavy atom. The predicted molar refractivity (Wildman–Crippen MR) is 107 cm³/mol. The third kappa shape index (κ3) is 5.55. The van der Waals surface area contributed by atoms with Crippen LogP contribution in [0.15, 0.2) is 54.6 Å². The number of morpholine rings is 1. The minimum Gasteiger partial charge on any atom is -0.379 e. The van der Waals surface area contributed by atoms with Crippen molar-refractivity contribution in [3.05, 3.63) is 71.3 Å². The molecule has 1 aliphatic heterocycles. The summed E-state index contributed by atoms with van der Waals surface area (Å²) in [4.78, 5) is 25.7. The molecule has 28 heavy (non-hydrogen) atoms. The molecule has 1 saturated heterocycles. The van der Waals surface area contributed by atoms with Crippen LogP contribution in [0.25, 0.3) is 0 Å². The van der Waals surface area contributed by atoms with Crippen molar-refractivity contribution in [2.24, 2.45) is 5.73 Å². The van der Waals surface area contributed by atoms with Crippen LogP contribution < -0.4 is 16.4 Å². The van der Waals surface area contributed by atoms with E-state index in [1.54, 1.807) is 12.1 Å². The van der Waals surface area contributed by atoms with Crippen LogP contribution in [0.2, 0.25) is 0 Å². The molecule has 0 aliphatic carbocycles. The summed E-state index contributed by atoms with van der Waals surface area (Å²) in [7, 11) is 0. The molecule has 0 saturated carbocycles. The Balaban J connectivity index is 1.62. The summed E-state index contributed by atoms with van der Waals surface area (Å²) in [5.41, 5.74) is 7.71. The summed E-state index contributed by atoms with van der Waals surface area (Å²) >= 11 is 0. The molecule has 7 nitrogen and oxygen atoms in total. The number of hydrogen-bond donors (Lipinski definition) is 3. The SMILES string of the molecule is NC(=O)NCc1ccc(C(=O)NCC(c2ccccc2)N2CCOCC2)cc1. The highest BCUT2D eigenvalue weighted by Gasteiger charge is 2.23. The average Bonchev–Trinajstić information content (AvgIpc) is 2.74. The first-order valence-corrected chi connectivity index (χ1v) is 9.40. The molecule has 4 N–H and O–H groups in total. The fourth-order valence-electron chi connectivity index (χ4n) is 3.28. The van der Waals surface area contributed by atoms with E-state index < -0.39 is 6.03 Å². The van der Waals surface area contributed by atoms with Gasteiger partial charge in [0.15, 0.2) is 0 Å². The van der Waals surface area contributed by atoms with Crippen LogP contribution in [0.3, 0.4) is 0 Å². The average molecular weight is 382 g/mol. The Labute approximate surface area is 164 Å². The van der Waals surface area contributed by atoms with Crippen LogP contribution in [0.5, 0.6) is 0 Å². The van der Waals surface area contributed by atoms with Gasteiger partial charge in [0.1, 0.15) is 0 Å². The maximum Gasteiger partial charge on any atom is 0.312 e. The molecule has 0 radical (unpaired) electrons. The quantitative estimate of drug-likeness (QED) is 0.678. The predicted octanol–water partition coefficient (Wildman–Crippen LogP) is 1.66. The zero-order valence-corrected chi connectivity index (χ0v) is 15.8. The van der Waals surface area contributed by atoms with Gasteiger partial charge in [0, 0.05) is 31.7 Å². The van der Waals surface area contributed by atoms with Crippen molar-refractivity contribution in [3.63, 3.8) is 0 Å². The first kappa shape index (κ1) is 19.9. The normalized spacial score (nSPS) is 15.6. The maximum absolute atomic E-state index is 12.6. The lowest BCUT2D eigenvalue weighted by Gasteiger charge is -2.35. The van der Waals surface area contributed by atoms with Crippen LogP contribution in [0.1, 0.15) is 27.5 Å². The summed E-state index contributed by atoms with van der Waals surface area (Å²) in [5, 5.41) is 5.58. The van der Waals surface area contributed by atoms with Crippen LogP contribution >= 0.6 is 0 Å². The number of hydrogen-bond acceptors (Lipinski definition) is 4. The van der Waals surface area contributed by atoms with Crippen molar-refractivity contribution in [2.75, 3.05) is 32.8 Å². The van der Waals surface area contributed by atoms with Gasteiger partial charge in [-0.25, -0.2) is 4.79 Å². The molecule has 2 aromatic carbocycles. The minimum atomic E-state index is -0.572. The van der Waals surface area contributed by atoms with Crippen molar-refractivity contribution >= 4 is 11.9 Å². The molecule has 1 aliphatic rings. The van der Waals surface area contributed by atoms with E-state index in [9.17, 15) is 9.59 Å². The highest BCUT2D eigenvalue weighted by atomic mass is 16.5. The molecule has 2 aromatic rings. The molecule has 1 heterocycles. The van der Waals surface area contributed by atoms with E-state index in [1.165, 1.54) is 5.56 Å². The number of urea groups is 1. The number of nitrogens with two attached hydrogens (primary N) is 1. The second-order valence-electron chi connectivity index (χ2n) is 6.70. The van der Waals surface area contributed by atoms with Gasteiger partial charge in [-0.2, -0.15) is 0 Å². The Hall–Kier alpha value is -2.90. The zero-order chi connectivity index (χ0) is 19.8. The van der Waals surface area contributed by atoms with Crippen molar-refractivity contribution < 1.29 is 14.3 Å². The van der Waals surface area contributed by atoms with Gasteiger partial charge in [0.2, 0.25) is 0 Å². The molecule has 1 atom stereocenters. The number of rotatable bonds is 7. The van der Waals surface area contributed by atoms with Gasteiger partial charge in [-0.15, -0.1) is 0 Å². The van der Waals surface area contributed by atoms with Crippen LogP contribution in [0.4, 0.5) is 4.79 Å². The number of carbonyl (C=O) groups excluding carboxylic acids is 2. The molecule has 3 amide bonds. The van der Waals surface area contributed by atoms with Gasteiger partial charge >= 0.3 is 6.03 Å². The standard InChI is InChI=1S/C21H26N4O3/c22-21(27)24-14-16-6-8-18(9-7-16)20(26)23-15-19(17-4-2-1-3-5-17)25-10-12-28-13-11-25/h1-9,19H,10-15H2,(H,23,26)(H3,22,24,27). The second kappa shape index (κ2) is 9.87. The molecule has 1 unspecified atom stereocenters. The Morgan fingerprint density at radius 3 is 2.32 bits per heavy atom. The Kier molecular flexibility index (Phi) is 7.00. The monoisotopic (exact) mass is 382 g/mol. The number of nitrogens with one attached hydrogen (secondary N) is 2. The first-order chi connectivity index (χ1) is 13.6. The van der Waals surface area contributed by atoms with E-state index in [4.69, 9.17) is 10.5 Å². The first-order valence-electron chi connectivity index (χ1n) is 9.40. The maximum atomic E-state index is 12.6. The highest BCUT2D eigenvalue weighted by Crippen LogP contribution is 2.21. The topological polar surface area (TPSA) is 96.7 Å². The van der Waals surface area contributed by atoms with Gasteiger partial charge in [0.05, 0.1) is 19.3 Å². The number of benzene rings is 2. The summed E-state index contributed by atoms with van der Waals surface area (Å²) in [6, 6.07) is 16.9. The van der Waals surface area contributed by atoms with Gasteiger partial charge in [-0.05, 0) is 23.3 Å². The second-order valence-corrected chi connectivity index (χ2v) is 6.70. The van der Waals surface area contributed by atoms with Crippen molar-refractivity contribution in [3.8, 4) is 0 Å². The number of carbonyl (C=O) groups is 2. The third-order valence-electron chi connectivity index (χ3n) is 4.81. The van der Waals surface area contributed by atoms with Gasteiger partial charge in [-0.3, -0.25) is 9.69 Å². The smallest absolute Gasteiger partial charge is 0.312 e. The highest BCUT2D eigenvalue weighted by molar-refractivity contribution is 5.94. The Morgan fingerprint density at radius 2 is 1.68 bits per heavy atom. The van der Waals surface area contributed by atoms with E-state index in [-0.39, 0.29) is 11.9 Å². The van der Waals surface area contributed by atoms with Crippen molar-refractivity contribution in [2.45, 2.75) is 12.6 Å². The van der Waals surface area contributed by atoms with Crippen molar-refractivity contribution in [1.29, 1.82) is 0 Å². The summed E-state index contributed by atoms with van der Waals surface area (Å²) in [5.74, 6) is -0.122. The van der Waals surface area contributed by atoms with E-state index >= 15 is 0 Å². The van der Waals surface area contributed by atoms with E-state index in [0.717, 1.165) is 18.7 Å². The molecule has 3 rings (SSSR count). The molecular formula is C21H26N4O3. The summed E-state index contributed by atoms with van der Waals surface area (Å²) in [6.45, 7) is 3.96. The molecule has 0 spiro atoms. The molecule has 148 valence electrons. The molecular weight excluding hydrogens is 356 g/mol. The van der Waals surface area contributed by atoms with Crippen LogP contribution in [-0.4, -0.2) is 49.7 Å². The Bertz CT molecular complexity index is 774. The summed E-state index contributed by atoms with van der Waals surface area (Å²) < 4.78 is 5.46. The van der Waals surface area contributed by atoms with Crippen LogP contribution in [0, 0.1) is 0 Å². The van der Waals surface area contributed by atoms with Crippen LogP contribution in [-0.2, 0) is 11.3 Å². The number of ether oxygens (including phenoxy) is 1. The van der Waals surface area contributed by atoms with E-state index in [0.29, 0.717) is 31.9 Å². The molecule has 0 bridgehead atoms. The number of primary amides is 1.